The van der Waals surface area contributed by atoms with Crippen molar-refractivity contribution in [3.05, 3.63) is 35.9 Å². The summed E-state index contributed by atoms with van der Waals surface area (Å²) in [6, 6.07) is 9.64. The lowest BCUT2D eigenvalue weighted by molar-refractivity contribution is -0.143. The number of hydrogen-bond donors (Lipinski definition) is 1. The van der Waals surface area contributed by atoms with Crippen LogP contribution < -0.4 is 5.32 Å². The van der Waals surface area contributed by atoms with E-state index >= 15 is 0 Å². The Morgan fingerprint density at radius 3 is 2.60 bits per heavy atom. The SMILES string of the molecule is CCNCC(=O)OCc1ccccc1.Cl. The first-order valence-electron chi connectivity index (χ1n) is 4.73. The highest BCUT2D eigenvalue weighted by atomic mass is 35.5. The van der Waals surface area contributed by atoms with Crippen molar-refractivity contribution in [3.63, 3.8) is 0 Å². The lowest BCUT2D eigenvalue weighted by Crippen LogP contribution is -2.24. The van der Waals surface area contributed by atoms with Gasteiger partial charge in [-0.05, 0) is 12.1 Å². The van der Waals surface area contributed by atoms with Gasteiger partial charge < -0.3 is 10.1 Å². The molecule has 0 saturated heterocycles. The van der Waals surface area contributed by atoms with Crippen LogP contribution in [-0.2, 0) is 16.1 Å². The number of halogens is 1. The van der Waals surface area contributed by atoms with Gasteiger partial charge in [-0.15, -0.1) is 12.4 Å². The van der Waals surface area contributed by atoms with Crippen LogP contribution in [0.25, 0.3) is 0 Å². The Kier molecular flexibility index (Phi) is 7.68. The maximum Gasteiger partial charge on any atom is 0.320 e. The fraction of sp³-hybridized carbons (Fsp3) is 0.364. The molecular formula is C11H16ClNO2. The Hall–Kier alpha value is -1.06. The van der Waals surface area contributed by atoms with Crippen molar-refractivity contribution in [2.75, 3.05) is 13.1 Å². The molecule has 3 nitrogen and oxygen atoms in total. The standard InChI is InChI=1S/C11H15NO2.ClH/c1-2-12-8-11(13)14-9-10-6-4-3-5-7-10;/h3-7,12H,2,8-9H2,1H3;1H. The van der Waals surface area contributed by atoms with E-state index in [0.717, 1.165) is 12.1 Å². The summed E-state index contributed by atoms with van der Waals surface area (Å²) >= 11 is 0. The van der Waals surface area contributed by atoms with Gasteiger partial charge in [-0.2, -0.15) is 0 Å². The van der Waals surface area contributed by atoms with E-state index in [0.29, 0.717) is 6.61 Å². The predicted octanol–water partition coefficient (Wildman–Crippen LogP) is 1.76. The summed E-state index contributed by atoms with van der Waals surface area (Å²) in [4.78, 5) is 11.1. The van der Waals surface area contributed by atoms with Crippen LogP contribution in [0.1, 0.15) is 12.5 Å². The molecule has 0 heterocycles. The summed E-state index contributed by atoms with van der Waals surface area (Å²) < 4.78 is 5.03. The second-order valence-corrected chi connectivity index (χ2v) is 2.93. The number of benzene rings is 1. The number of ether oxygens (including phenoxy) is 1. The molecule has 0 saturated carbocycles. The Morgan fingerprint density at radius 2 is 2.00 bits per heavy atom. The van der Waals surface area contributed by atoms with Crippen LogP contribution in [0, 0.1) is 0 Å². The topological polar surface area (TPSA) is 38.3 Å². The van der Waals surface area contributed by atoms with Crippen LogP contribution >= 0.6 is 12.4 Å². The van der Waals surface area contributed by atoms with Crippen LogP contribution in [0.2, 0.25) is 0 Å². The van der Waals surface area contributed by atoms with Crippen LogP contribution in [0.4, 0.5) is 0 Å². The number of rotatable bonds is 5. The molecule has 84 valence electrons. The largest absolute Gasteiger partial charge is 0.460 e. The minimum Gasteiger partial charge on any atom is -0.460 e. The summed E-state index contributed by atoms with van der Waals surface area (Å²) in [5.74, 6) is -0.212. The summed E-state index contributed by atoms with van der Waals surface area (Å²) in [6.07, 6.45) is 0. The molecule has 0 bridgehead atoms. The molecule has 0 fully saturated rings. The maximum atomic E-state index is 11.1. The lowest BCUT2D eigenvalue weighted by atomic mass is 10.2. The first kappa shape index (κ1) is 13.9. The Labute approximate surface area is 96.2 Å². The van der Waals surface area contributed by atoms with Gasteiger partial charge >= 0.3 is 5.97 Å². The number of esters is 1. The molecule has 15 heavy (non-hydrogen) atoms. The van der Waals surface area contributed by atoms with Gasteiger partial charge in [0, 0.05) is 0 Å². The average Bonchev–Trinajstić information content (AvgIpc) is 2.25. The first-order valence-corrected chi connectivity index (χ1v) is 4.73. The van der Waals surface area contributed by atoms with E-state index in [1.807, 2.05) is 37.3 Å². The third-order valence-corrected chi connectivity index (χ3v) is 1.76. The molecule has 0 amide bonds. The van der Waals surface area contributed by atoms with Gasteiger partial charge in [0.1, 0.15) is 6.61 Å². The van der Waals surface area contributed by atoms with Crippen molar-refractivity contribution >= 4 is 18.4 Å². The molecule has 0 spiro atoms. The van der Waals surface area contributed by atoms with Gasteiger partial charge in [-0.25, -0.2) is 0 Å². The molecule has 0 aromatic heterocycles. The molecular weight excluding hydrogens is 214 g/mol. The van der Waals surface area contributed by atoms with Gasteiger partial charge in [0.2, 0.25) is 0 Å². The summed E-state index contributed by atoms with van der Waals surface area (Å²) in [7, 11) is 0. The van der Waals surface area contributed by atoms with E-state index < -0.39 is 0 Å². The molecule has 0 aliphatic heterocycles. The second-order valence-electron chi connectivity index (χ2n) is 2.93. The molecule has 4 heteroatoms. The van der Waals surface area contributed by atoms with Crippen LogP contribution in [0.15, 0.2) is 30.3 Å². The van der Waals surface area contributed by atoms with Crippen molar-refractivity contribution in [3.8, 4) is 0 Å². The molecule has 1 N–H and O–H groups in total. The fourth-order valence-corrected chi connectivity index (χ4v) is 1.02. The van der Waals surface area contributed by atoms with E-state index in [-0.39, 0.29) is 24.9 Å². The highest BCUT2D eigenvalue weighted by Gasteiger charge is 2.00. The van der Waals surface area contributed by atoms with Gasteiger partial charge in [0.05, 0.1) is 6.54 Å². The first-order chi connectivity index (χ1) is 6.83. The van der Waals surface area contributed by atoms with E-state index in [9.17, 15) is 4.79 Å². The lowest BCUT2D eigenvalue weighted by Gasteiger charge is -2.04. The minimum absolute atomic E-state index is 0. The number of likely N-dealkylation sites (N-methyl/N-ethyl adjacent to an activating group) is 1. The molecule has 0 unspecified atom stereocenters. The van der Waals surface area contributed by atoms with E-state index in [4.69, 9.17) is 4.74 Å². The summed E-state index contributed by atoms with van der Waals surface area (Å²) in [5.41, 5.74) is 1.01. The van der Waals surface area contributed by atoms with Gasteiger partial charge in [0.15, 0.2) is 0 Å². The van der Waals surface area contributed by atoms with Crippen molar-refractivity contribution in [1.29, 1.82) is 0 Å². The Morgan fingerprint density at radius 1 is 1.33 bits per heavy atom. The highest BCUT2D eigenvalue weighted by Crippen LogP contribution is 2.00. The van der Waals surface area contributed by atoms with Crippen molar-refractivity contribution in [2.45, 2.75) is 13.5 Å². The molecule has 1 aromatic carbocycles. The van der Waals surface area contributed by atoms with Gasteiger partial charge in [-0.3, -0.25) is 4.79 Å². The third kappa shape index (κ3) is 6.10. The quantitative estimate of drug-likeness (QED) is 0.782. The fourth-order valence-electron chi connectivity index (χ4n) is 1.02. The molecule has 1 aromatic rings. The van der Waals surface area contributed by atoms with Gasteiger partial charge in [-0.1, -0.05) is 37.3 Å². The Balaban J connectivity index is 0.00000196. The van der Waals surface area contributed by atoms with E-state index in [1.54, 1.807) is 0 Å². The normalized spacial score (nSPS) is 9.13. The monoisotopic (exact) mass is 229 g/mol. The summed E-state index contributed by atoms with van der Waals surface area (Å²) in [6.45, 7) is 3.36. The third-order valence-electron chi connectivity index (χ3n) is 1.76. The number of carbonyl (C=O) groups is 1. The highest BCUT2D eigenvalue weighted by molar-refractivity contribution is 5.85. The number of carbonyl (C=O) groups excluding carboxylic acids is 1. The molecule has 0 aliphatic carbocycles. The molecule has 0 aliphatic rings. The predicted molar refractivity (Wildman–Crippen MR) is 62.0 cm³/mol. The minimum atomic E-state index is -0.212. The van der Waals surface area contributed by atoms with Crippen molar-refractivity contribution in [1.82, 2.24) is 5.32 Å². The zero-order valence-electron chi connectivity index (χ0n) is 8.73. The molecule has 0 atom stereocenters. The molecule has 1 rings (SSSR count). The van der Waals surface area contributed by atoms with Crippen molar-refractivity contribution < 1.29 is 9.53 Å². The summed E-state index contributed by atoms with van der Waals surface area (Å²) in [5, 5.41) is 2.91. The number of hydrogen-bond acceptors (Lipinski definition) is 3. The van der Waals surface area contributed by atoms with E-state index in [2.05, 4.69) is 5.32 Å². The van der Waals surface area contributed by atoms with Crippen molar-refractivity contribution in [2.24, 2.45) is 0 Å². The van der Waals surface area contributed by atoms with Gasteiger partial charge in [0.25, 0.3) is 0 Å². The second kappa shape index (κ2) is 8.26. The van der Waals surface area contributed by atoms with Crippen LogP contribution in [-0.4, -0.2) is 19.1 Å². The average molecular weight is 230 g/mol. The maximum absolute atomic E-state index is 11.1. The van der Waals surface area contributed by atoms with Crippen LogP contribution in [0.5, 0.6) is 0 Å². The smallest absolute Gasteiger partial charge is 0.320 e. The van der Waals surface area contributed by atoms with E-state index in [1.165, 1.54) is 0 Å². The zero-order valence-corrected chi connectivity index (χ0v) is 9.55. The number of nitrogens with one attached hydrogen (secondary N) is 1. The van der Waals surface area contributed by atoms with Crippen LogP contribution in [0.3, 0.4) is 0 Å². The Bertz CT molecular complexity index is 277. The zero-order chi connectivity index (χ0) is 10.2. The molecule has 0 radical (unpaired) electrons.